The Bertz CT molecular complexity index is 1240. The molecule has 0 radical (unpaired) electrons. The van der Waals surface area contributed by atoms with Crippen LogP contribution in [0.4, 0.5) is 0 Å². The van der Waals surface area contributed by atoms with E-state index in [1.807, 2.05) is 24.5 Å². The van der Waals surface area contributed by atoms with Crippen LogP contribution in [-0.2, 0) is 5.54 Å². The van der Waals surface area contributed by atoms with Gasteiger partial charge in [0.1, 0.15) is 11.3 Å². The van der Waals surface area contributed by atoms with Gasteiger partial charge in [-0.15, -0.1) is 0 Å². The van der Waals surface area contributed by atoms with Crippen molar-refractivity contribution in [3.8, 4) is 17.0 Å². The van der Waals surface area contributed by atoms with Crippen molar-refractivity contribution in [1.29, 1.82) is 0 Å². The number of ether oxygens (including phenoxy) is 1. The van der Waals surface area contributed by atoms with Crippen LogP contribution in [0.2, 0.25) is 0 Å². The van der Waals surface area contributed by atoms with Gasteiger partial charge in [-0.3, -0.25) is 0 Å². The van der Waals surface area contributed by atoms with Crippen molar-refractivity contribution in [2.45, 2.75) is 5.54 Å². The molecule has 5 rings (SSSR count). The summed E-state index contributed by atoms with van der Waals surface area (Å²) in [7, 11) is 0. The number of benzene rings is 4. The number of imidazole rings is 1. The second-order valence-corrected chi connectivity index (χ2v) is 8.80. The maximum Gasteiger partial charge on any atom is 0.128 e. The second kappa shape index (κ2) is 10.1. The number of hydrogen-bond acceptors (Lipinski definition) is 2. The normalized spacial score (nSPS) is 11.3. The topological polar surface area (TPSA) is 27.1 Å². The standard InChI is InChI=1S/C30H25BrN2O/c31-20-21-34-29-19-11-10-18-27(29)28-22-33(23-32-28)30(24-12-4-1-5-13-24,25-14-6-2-7-15-25)26-16-8-3-9-17-26/h1-19,22-23H,20-21H2. The molecule has 0 aliphatic heterocycles. The molecule has 0 atom stereocenters. The fourth-order valence-corrected chi connectivity index (χ4v) is 4.75. The minimum Gasteiger partial charge on any atom is -0.492 e. The van der Waals surface area contributed by atoms with Gasteiger partial charge in [-0.1, -0.05) is 119 Å². The van der Waals surface area contributed by atoms with Gasteiger partial charge in [0.05, 0.1) is 18.6 Å². The first-order valence-corrected chi connectivity index (χ1v) is 12.5. The van der Waals surface area contributed by atoms with E-state index in [-0.39, 0.29) is 0 Å². The summed E-state index contributed by atoms with van der Waals surface area (Å²) < 4.78 is 8.22. The van der Waals surface area contributed by atoms with Crippen molar-refractivity contribution in [3.05, 3.63) is 144 Å². The van der Waals surface area contributed by atoms with E-state index in [4.69, 9.17) is 9.72 Å². The second-order valence-electron chi connectivity index (χ2n) is 8.01. The Labute approximate surface area is 208 Å². The number of alkyl halides is 1. The zero-order valence-corrected chi connectivity index (χ0v) is 20.3. The maximum atomic E-state index is 5.99. The van der Waals surface area contributed by atoms with E-state index in [9.17, 15) is 0 Å². The predicted octanol–water partition coefficient (Wildman–Crippen LogP) is 7.16. The molecule has 0 aliphatic carbocycles. The molecule has 1 heterocycles. The van der Waals surface area contributed by atoms with Crippen LogP contribution in [0.25, 0.3) is 11.3 Å². The van der Waals surface area contributed by atoms with Crippen LogP contribution in [0.3, 0.4) is 0 Å². The third-order valence-electron chi connectivity index (χ3n) is 6.04. The highest BCUT2D eigenvalue weighted by Gasteiger charge is 2.38. The minimum absolute atomic E-state index is 0.583. The molecule has 4 heteroatoms. The van der Waals surface area contributed by atoms with Crippen LogP contribution in [-0.4, -0.2) is 21.5 Å². The predicted molar refractivity (Wildman–Crippen MR) is 142 cm³/mol. The maximum absolute atomic E-state index is 5.99. The third kappa shape index (κ3) is 4.06. The highest BCUT2D eigenvalue weighted by atomic mass is 79.9. The Morgan fingerprint density at radius 2 is 1.18 bits per heavy atom. The molecule has 0 aliphatic rings. The lowest BCUT2D eigenvalue weighted by atomic mass is 9.77. The summed E-state index contributed by atoms with van der Waals surface area (Å²) in [6.07, 6.45) is 4.06. The number of para-hydroxylation sites is 1. The van der Waals surface area contributed by atoms with E-state index < -0.39 is 5.54 Å². The summed E-state index contributed by atoms with van der Waals surface area (Å²) in [4.78, 5) is 4.87. The van der Waals surface area contributed by atoms with Crippen molar-refractivity contribution in [3.63, 3.8) is 0 Å². The van der Waals surface area contributed by atoms with Gasteiger partial charge in [0, 0.05) is 17.1 Å². The van der Waals surface area contributed by atoms with Gasteiger partial charge in [-0.2, -0.15) is 0 Å². The lowest BCUT2D eigenvalue weighted by molar-refractivity contribution is 0.346. The molecule has 4 aromatic carbocycles. The molecule has 0 bridgehead atoms. The van der Waals surface area contributed by atoms with Crippen LogP contribution < -0.4 is 4.74 Å². The van der Waals surface area contributed by atoms with E-state index in [0.717, 1.165) is 22.3 Å². The van der Waals surface area contributed by atoms with Gasteiger partial charge in [0.15, 0.2) is 0 Å². The Balaban J connectivity index is 1.75. The quantitative estimate of drug-likeness (QED) is 0.164. The Morgan fingerprint density at radius 3 is 1.71 bits per heavy atom. The first-order valence-electron chi connectivity index (χ1n) is 11.3. The highest BCUT2D eigenvalue weighted by molar-refractivity contribution is 9.09. The molecule has 168 valence electrons. The van der Waals surface area contributed by atoms with Gasteiger partial charge in [-0.25, -0.2) is 4.98 Å². The summed E-state index contributed by atoms with van der Waals surface area (Å²) in [5.41, 5.74) is 4.77. The monoisotopic (exact) mass is 508 g/mol. The van der Waals surface area contributed by atoms with Crippen LogP contribution in [0.15, 0.2) is 128 Å². The van der Waals surface area contributed by atoms with E-state index >= 15 is 0 Å². The smallest absolute Gasteiger partial charge is 0.128 e. The molecular formula is C30H25BrN2O. The molecule has 0 fully saturated rings. The molecule has 5 aromatic rings. The van der Waals surface area contributed by atoms with Crippen molar-refractivity contribution >= 4 is 15.9 Å². The van der Waals surface area contributed by atoms with E-state index in [1.54, 1.807) is 0 Å². The summed E-state index contributed by atoms with van der Waals surface area (Å²) in [5, 5.41) is 0.773. The molecule has 0 saturated carbocycles. The van der Waals surface area contributed by atoms with Crippen molar-refractivity contribution in [2.75, 3.05) is 11.9 Å². The Morgan fingerprint density at radius 1 is 0.676 bits per heavy atom. The largest absolute Gasteiger partial charge is 0.492 e. The fraction of sp³-hybridized carbons (Fsp3) is 0.100. The summed E-state index contributed by atoms with van der Waals surface area (Å²) >= 11 is 3.45. The SMILES string of the molecule is BrCCOc1ccccc1-c1cn(C(c2ccccc2)(c2ccccc2)c2ccccc2)cn1. The molecule has 34 heavy (non-hydrogen) atoms. The molecule has 3 nitrogen and oxygen atoms in total. The fourth-order valence-electron chi connectivity index (χ4n) is 4.58. The number of nitrogens with zero attached hydrogens (tertiary/aromatic N) is 2. The summed E-state index contributed by atoms with van der Waals surface area (Å²) in [5.74, 6) is 0.830. The van der Waals surface area contributed by atoms with Crippen LogP contribution in [0.5, 0.6) is 5.75 Å². The Hall–Kier alpha value is -3.63. The molecular weight excluding hydrogens is 484 g/mol. The van der Waals surface area contributed by atoms with Crippen molar-refractivity contribution < 1.29 is 4.74 Å². The summed E-state index contributed by atoms with van der Waals surface area (Å²) in [6.45, 7) is 0.597. The average molecular weight is 509 g/mol. The van der Waals surface area contributed by atoms with Crippen LogP contribution in [0, 0.1) is 0 Å². The van der Waals surface area contributed by atoms with Gasteiger partial charge < -0.3 is 9.30 Å². The first-order chi connectivity index (χ1) is 16.8. The van der Waals surface area contributed by atoms with Crippen LogP contribution in [0.1, 0.15) is 16.7 Å². The van der Waals surface area contributed by atoms with Crippen molar-refractivity contribution in [2.24, 2.45) is 0 Å². The van der Waals surface area contributed by atoms with E-state index in [2.05, 4.69) is 124 Å². The van der Waals surface area contributed by atoms with Gasteiger partial charge >= 0.3 is 0 Å². The number of aromatic nitrogens is 2. The van der Waals surface area contributed by atoms with E-state index in [0.29, 0.717) is 6.61 Å². The highest BCUT2D eigenvalue weighted by Crippen LogP contribution is 2.41. The summed E-state index contributed by atoms with van der Waals surface area (Å²) in [6, 6.07) is 39.9. The van der Waals surface area contributed by atoms with Crippen LogP contribution >= 0.6 is 15.9 Å². The first kappa shape index (κ1) is 22.2. The third-order valence-corrected chi connectivity index (χ3v) is 6.37. The molecule has 0 saturated heterocycles. The van der Waals surface area contributed by atoms with Gasteiger partial charge in [0.2, 0.25) is 0 Å². The molecule has 1 aromatic heterocycles. The number of rotatable bonds is 8. The minimum atomic E-state index is -0.583. The molecule has 0 unspecified atom stereocenters. The lowest BCUT2D eigenvalue weighted by Crippen LogP contribution is -2.36. The van der Waals surface area contributed by atoms with Gasteiger partial charge in [0.25, 0.3) is 0 Å². The lowest BCUT2D eigenvalue weighted by Gasteiger charge is -2.37. The zero-order valence-electron chi connectivity index (χ0n) is 18.7. The number of halogens is 1. The number of hydrogen-bond donors (Lipinski definition) is 0. The zero-order chi connectivity index (χ0) is 23.2. The van der Waals surface area contributed by atoms with E-state index in [1.165, 1.54) is 16.7 Å². The average Bonchev–Trinajstić information content (AvgIpc) is 3.40. The molecule has 0 spiro atoms. The Kier molecular flexibility index (Phi) is 6.59. The molecule has 0 amide bonds. The molecule has 0 N–H and O–H groups in total. The van der Waals surface area contributed by atoms with Crippen molar-refractivity contribution in [1.82, 2.24) is 9.55 Å². The van der Waals surface area contributed by atoms with Gasteiger partial charge in [-0.05, 0) is 28.8 Å².